The molecule has 10 nitrogen and oxygen atoms in total. The summed E-state index contributed by atoms with van der Waals surface area (Å²) in [5, 5.41) is 0. The van der Waals surface area contributed by atoms with Crippen LogP contribution in [0.2, 0.25) is 0 Å². The van der Waals surface area contributed by atoms with Crippen molar-refractivity contribution in [3.05, 3.63) is 12.2 Å². The molecule has 0 radical (unpaired) electrons. The van der Waals surface area contributed by atoms with Gasteiger partial charge in [0, 0.05) is 37.8 Å². The van der Waals surface area contributed by atoms with Gasteiger partial charge in [-0.3, -0.25) is 14.4 Å². The van der Waals surface area contributed by atoms with Gasteiger partial charge in [0.25, 0.3) is 6.29 Å². The minimum absolute atomic E-state index is 0.0285. The molecule has 0 saturated carbocycles. The molecule has 0 N–H and O–H groups in total. The molecule has 1 aliphatic rings. The van der Waals surface area contributed by atoms with E-state index in [0.29, 0.717) is 25.7 Å². The lowest BCUT2D eigenvalue weighted by Crippen LogP contribution is -2.48. The molecule has 0 aromatic heterocycles. The van der Waals surface area contributed by atoms with E-state index < -0.39 is 47.1 Å². The van der Waals surface area contributed by atoms with Crippen LogP contribution in [0.4, 0.5) is 0 Å². The summed E-state index contributed by atoms with van der Waals surface area (Å²) in [6.45, 7) is 5.53. The van der Waals surface area contributed by atoms with Crippen molar-refractivity contribution in [2.75, 3.05) is 7.11 Å². The van der Waals surface area contributed by atoms with Crippen LogP contribution in [0.1, 0.15) is 72.1 Å². The standard InChI is InChI=1S/C23H34O10S/c1-5-8-15(24)11-12-16-22(32-18(26)9-6-2)34-23(33-19(27)10-7-3)21(30-16)31-20(28)14-13-17(25)29-4/h13-14,16,21-23H,5-12H2,1-4H3/b14-13+/t16?,21-,22+,23?/m1/s1. The van der Waals surface area contributed by atoms with Crippen LogP contribution >= 0.6 is 11.8 Å². The molecule has 0 bridgehead atoms. The second-order valence-electron chi connectivity index (χ2n) is 7.52. The monoisotopic (exact) mass is 502 g/mol. The smallest absolute Gasteiger partial charge is 0.333 e. The van der Waals surface area contributed by atoms with E-state index in [9.17, 15) is 24.0 Å². The molecule has 192 valence electrons. The Bertz CT molecular complexity index is 735. The van der Waals surface area contributed by atoms with Crippen molar-refractivity contribution in [2.45, 2.75) is 95.4 Å². The molecule has 1 rings (SSSR count). The van der Waals surface area contributed by atoms with Gasteiger partial charge in [0.05, 0.1) is 7.11 Å². The number of rotatable bonds is 14. The maximum atomic E-state index is 12.2. The predicted molar refractivity (Wildman–Crippen MR) is 122 cm³/mol. The molecule has 2 unspecified atom stereocenters. The van der Waals surface area contributed by atoms with Gasteiger partial charge in [-0.25, -0.2) is 9.59 Å². The first-order chi connectivity index (χ1) is 16.2. The molecule has 0 aromatic carbocycles. The highest BCUT2D eigenvalue weighted by Gasteiger charge is 2.44. The lowest BCUT2D eigenvalue weighted by molar-refractivity contribution is -0.224. The van der Waals surface area contributed by atoms with Crippen molar-refractivity contribution in [1.29, 1.82) is 0 Å². The van der Waals surface area contributed by atoms with Crippen molar-refractivity contribution < 1.29 is 47.7 Å². The van der Waals surface area contributed by atoms with Gasteiger partial charge in [0.2, 0.25) is 5.44 Å². The van der Waals surface area contributed by atoms with Crippen LogP contribution < -0.4 is 0 Å². The van der Waals surface area contributed by atoms with Crippen molar-refractivity contribution in [2.24, 2.45) is 0 Å². The third-order valence-electron chi connectivity index (χ3n) is 4.53. The van der Waals surface area contributed by atoms with E-state index in [0.717, 1.165) is 31.0 Å². The highest BCUT2D eigenvalue weighted by atomic mass is 32.2. The second kappa shape index (κ2) is 16.3. The Morgan fingerprint density at radius 2 is 1.32 bits per heavy atom. The maximum absolute atomic E-state index is 12.2. The van der Waals surface area contributed by atoms with Crippen LogP contribution in [0.5, 0.6) is 0 Å². The molecule has 1 aliphatic heterocycles. The highest BCUT2D eigenvalue weighted by Crippen LogP contribution is 2.37. The Morgan fingerprint density at radius 3 is 1.88 bits per heavy atom. The molecule has 34 heavy (non-hydrogen) atoms. The van der Waals surface area contributed by atoms with Crippen molar-refractivity contribution >= 4 is 41.4 Å². The molecule has 11 heteroatoms. The quantitative estimate of drug-likeness (QED) is 0.197. The average Bonchev–Trinajstić information content (AvgIpc) is 2.78. The van der Waals surface area contributed by atoms with Crippen LogP contribution in [0.15, 0.2) is 12.2 Å². The normalized spacial score (nSPS) is 22.1. The molecular weight excluding hydrogens is 468 g/mol. The van der Waals surface area contributed by atoms with E-state index in [-0.39, 0.29) is 31.5 Å². The molecular formula is C23H34O10S. The fourth-order valence-corrected chi connectivity index (χ4v) is 4.12. The summed E-state index contributed by atoms with van der Waals surface area (Å²) in [5.41, 5.74) is -1.98. The summed E-state index contributed by atoms with van der Waals surface area (Å²) in [4.78, 5) is 59.8. The number of esters is 4. The van der Waals surface area contributed by atoms with E-state index >= 15 is 0 Å². The number of ketones is 1. The molecule has 0 aromatic rings. The number of hydrogen-bond donors (Lipinski definition) is 0. The van der Waals surface area contributed by atoms with E-state index in [1.807, 2.05) is 13.8 Å². The first-order valence-electron chi connectivity index (χ1n) is 11.4. The Hall–Kier alpha value is -2.40. The summed E-state index contributed by atoms with van der Waals surface area (Å²) in [7, 11) is 1.16. The average molecular weight is 503 g/mol. The Labute approximate surface area is 204 Å². The number of hydrogen-bond acceptors (Lipinski definition) is 11. The zero-order chi connectivity index (χ0) is 25.5. The molecule has 1 saturated heterocycles. The minimum atomic E-state index is -1.34. The largest absolute Gasteiger partial charge is 0.466 e. The summed E-state index contributed by atoms with van der Waals surface area (Å²) < 4.78 is 26.6. The topological polar surface area (TPSA) is 132 Å². The van der Waals surface area contributed by atoms with E-state index in [1.165, 1.54) is 0 Å². The third kappa shape index (κ3) is 11.1. The molecule has 0 aliphatic carbocycles. The van der Waals surface area contributed by atoms with Crippen LogP contribution in [-0.4, -0.2) is 60.0 Å². The Morgan fingerprint density at radius 1 is 0.765 bits per heavy atom. The predicted octanol–water partition coefficient (Wildman–Crippen LogP) is 3.21. The molecule has 1 heterocycles. The number of ether oxygens (including phenoxy) is 5. The fraction of sp³-hybridized carbons (Fsp3) is 0.696. The number of carbonyl (C=O) groups is 5. The summed E-state index contributed by atoms with van der Waals surface area (Å²) in [6, 6.07) is 0. The first kappa shape index (κ1) is 29.6. The molecule has 4 atom stereocenters. The van der Waals surface area contributed by atoms with Crippen LogP contribution in [-0.2, 0) is 47.7 Å². The van der Waals surface area contributed by atoms with Gasteiger partial charge in [-0.2, -0.15) is 0 Å². The van der Waals surface area contributed by atoms with Crippen molar-refractivity contribution in [1.82, 2.24) is 0 Å². The minimum Gasteiger partial charge on any atom is -0.466 e. The lowest BCUT2D eigenvalue weighted by Gasteiger charge is -2.39. The molecule has 1 fully saturated rings. The first-order valence-corrected chi connectivity index (χ1v) is 12.4. The van der Waals surface area contributed by atoms with Gasteiger partial charge in [-0.1, -0.05) is 32.5 Å². The van der Waals surface area contributed by atoms with Crippen LogP contribution in [0, 0.1) is 0 Å². The SMILES string of the molecule is CCCC(=O)CCC1O[C@H](OC(=O)/C=C/C(=O)OC)C(OC(=O)CCC)S[C@@H]1OC(=O)CCC. The highest BCUT2D eigenvalue weighted by molar-refractivity contribution is 8.00. The van der Waals surface area contributed by atoms with Gasteiger partial charge < -0.3 is 23.7 Å². The molecule has 0 spiro atoms. The fourth-order valence-electron chi connectivity index (χ4n) is 2.91. The number of carbonyl (C=O) groups excluding carboxylic acids is 5. The third-order valence-corrected chi connectivity index (χ3v) is 5.79. The van der Waals surface area contributed by atoms with Gasteiger partial charge in [-0.05, 0) is 25.7 Å². The summed E-state index contributed by atoms with van der Waals surface area (Å²) in [5.74, 6) is -2.64. The Kier molecular flexibility index (Phi) is 14.2. The summed E-state index contributed by atoms with van der Waals surface area (Å²) in [6.07, 6.45) is 2.59. The lowest BCUT2D eigenvalue weighted by atomic mass is 10.1. The van der Waals surface area contributed by atoms with E-state index in [2.05, 4.69) is 4.74 Å². The Balaban J connectivity index is 3.06. The number of thioether (sulfide) groups is 1. The maximum Gasteiger partial charge on any atom is 0.333 e. The van der Waals surface area contributed by atoms with Gasteiger partial charge in [0.15, 0.2) is 5.44 Å². The second-order valence-corrected chi connectivity index (χ2v) is 8.72. The zero-order valence-electron chi connectivity index (χ0n) is 20.1. The van der Waals surface area contributed by atoms with Gasteiger partial charge in [-0.15, -0.1) is 0 Å². The van der Waals surface area contributed by atoms with E-state index in [4.69, 9.17) is 18.9 Å². The summed E-state index contributed by atoms with van der Waals surface area (Å²) >= 11 is 0.977. The van der Waals surface area contributed by atoms with Crippen LogP contribution in [0.3, 0.4) is 0 Å². The van der Waals surface area contributed by atoms with Gasteiger partial charge >= 0.3 is 23.9 Å². The number of Topliss-reactive ketones (excluding diaryl/α,β-unsaturated/α-hetero) is 1. The zero-order valence-corrected chi connectivity index (χ0v) is 20.9. The van der Waals surface area contributed by atoms with E-state index in [1.54, 1.807) is 6.92 Å². The van der Waals surface area contributed by atoms with Crippen LogP contribution in [0.25, 0.3) is 0 Å². The number of methoxy groups -OCH3 is 1. The van der Waals surface area contributed by atoms with Gasteiger partial charge in [0.1, 0.15) is 11.9 Å². The van der Waals surface area contributed by atoms with Crippen molar-refractivity contribution in [3.8, 4) is 0 Å². The van der Waals surface area contributed by atoms with Crippen molar-refractivity contribution in [3.63, 3.8) is 0 Å². The molecule has 0 amide bonds.